The maximum absolute atomic E-state index is 10.7. The molecule has 110 valence electrons. The molecule has 0 aromatic heterocycles. The summed E-state index contributed by atoms with van der Waals surface area (Å²) >= 11 is 0. The van der Waals surface area contributed by atoms with E-state index in [2.05, 4.69) is 50.2 Å². The van der Waals surface area contributed by atoms with E-state index in [0.29, 0.717) is 13.0 Å². The normalized spacial score (nSPS) is 19.1. The van der Waals surface area contributed by atoms with Gasteiger partial charge in [0.25, 0.3) is 0 Å². The van der Waals surface area contributed by atoms with Gasteiger partial charge >= 0.3 is 0 Å². The van der Waals surface area contributed by atoms with Crippen LogP contribution < -0.4 is 0 Å². The molecule has 0 radical (unpaired) electrons. The van der Waals surface area contributed by atoms with Crippen LogP contribution in [0, 0.1) is 13.8 Å². The fourth-order valence-electron chi connectivity index (χ4n) is 3.23. The Balaban J connectivity index is 1.85. The van der Waals surface area contributed by atoms with Crippen LogP contribution in [-0.4, -0.2) is 17.8 Å². The predicted octanol–water partition coefficient (Wildman–Crippen LogP) is 3.52. The molecule has 0 spiro atoms. The van der Waals surface area contributed by atoms with E-state index in [1.54, 1.807) is 0 Å². The molecule has 0 bridgehead atoms. The van der Waals surface area contributed by atoms with E-state index in [1.807, 2.05) is 6.07 Å². The van der Waals surface area contributed by atoms with Crippen molar-refractivity contribution in [1.82, 2.24) is 0 Å². The number of benzene rings is 2. The minimum absolute atomic E-state index is 0.214. The standard InChI is InChI=1S/C19H22O2/c1-13-6-5-7-14(2)17(13)12-18(20)19-16-9-4-3-8-15(16)10-11-21-19/h3-9,18-20H,10-12H2,1-2H3. The number of aryl methyl sites for hydroxylation is 2. The van der Waals surface area contributed by atoms with Crippen LogP contribution in [0.5, 0.6) is 0 Å². The summed E-state index contributed by atoms with van der Waals surface area (Å²) in [6.07, 6.45) is 0.848. The first kappa shape index (κ1) is 14.3. The average molecular weight is 282 g/mol. The highest BCUT2D eigenvalue weighted by molar-refractivity contribution is 5.36. The number of rotatable bonds is 3. The molecule has 1 N–H and O–H groups in total. The molecule has 2 aromatic carbocycles. The number of aliphatic hydroxyl groups is 1. The minimum Gasteiger partial charge on any atom is -0.390 e. The Morgan fingerprint density at radius 2 is 1.81 bits per heavy atom. The summed E-state index contributed by atoms with van der Waals surface area (Å²) in [5.41, 5.74) is 6.14. The smallest absolute Gasteiger partial charge is 0.109 e. The van der Waals surface area contributed by atoms with E-state index in [1.165, 1.54) is 22.3 Å². The highest BCUT2D eigenvalue weighted by atomic mass is 16.5. The molecule has 1 aliphatic heterocycles. The lowest BCUT2D eigenvalue weighted by atomic mass is 9.89. The third kappa shape index (κ3) is 2.87. The van der Waals surface area contributed by atoms with Crippen molar-refractivity contribution in [3.8, 4) is 0 Å². The second kappa shape index (κ2) is 6.00. The maximum atomic E-state index is 10.7. The van der Waals surface area contributed by atoms with E-state index in [4.69, 9.17) is 4.74 Å². The number of hydrogen-bond donors (Lipinski definition) is 1. The fourth-order valence-corrected chi connectivity index (χ4v) is 3.23. The molecule has 0 saturated heterocycles. The summed E-state index contributed by atoms with van der Waals surface area (Å²) in [5, 5.41) is 10.7. The van der Waals surface area contributed by atoms with Crippen molar-refractivity contribution in [2.24, 2.45) is 0 Å². The Morgan fingerprint density at radius 3 is 2.57 bits per heavy atom. The van der Waals surface area contributed by atoms with Crippen molar-refractivity contribution in [2.45, 2.75) is 38.9 Å². The Morgan fingerprint density at radius 1 is 1.10 bits per heavy atom. The predicted molar refractivity (Wildman–Crippen MR) is 84.5 cm³/mol. The number of fused-ring (bicyclic) bond motifs is 1. The molecule has 1 heterocycles. The van der Waals surface area contributed by atoms with Gasteiger partial charge < -0.3 is 9.84 Å². The van der Waals surface area contributed by atoms with Gasteiger partial charge in [0.1, 0.15) is 6.10 Å². The maximum Gasteiger partial charge on any atom is 0.109 e. The van der Waals surface area contributed by atoms with Gasteiger partial charge in [-0.1, -0.05) is 42.5 Å². The van der Waals surface area contributed by atoms with Gasteiger partial charge in [0.15, 0.2) is 0 Å². The Bertz CT molecular complexity index is 613. The fraction of sp³-hybridized carbons (Fsp3) is 0.368. The molecule has 2 nitrogen and oxygen atoms in total. The zero-order chi connectivity index (χ0) is 14.8. The Hall–Kier alpha value is -1.64. The summed E-state index contributed by atoms with van der Waals surface area (Å²) in [5.74, 6) is 0. The quantitative estimate of drug-likeness (QED) is 0.933. The van der Waals surface area contributed by atoms with Gasteiger partial charge in [-0.15, -0.1) is 0 Å². The Kier molecular flexibility index (Phi) is 4.09. The first-order valence-corrected chi connectivity index (χ1v) is 7.59. The average Bonchev–Trinajstić information content (AvgIpc) is 2.50. The van der Waals surface area contributed by atoms with Crippen LogP contribution >= 0.6 is 0 Å². The molecule has 1 aliphatic rings. The van der Waals surface area contributed by atoms with E-state index < -0.39 is 6.10 Å². The first-order valence-electron chi connectivity index (χ1n) is 7.59. The molecule has 0 saturated carbocycles. The molecule has 3 rings (SSSR count). The van der Waals surface area contributed by atoms with Gasteiger partial charge in [0.2, 0.25) is 0 Å². The molecule has 2 atom stereocenters. The van der Waals surface area contributed by atoms with Gasteiger partial charge in [-0.25, -0.2) is 0 Å². The van der Waals surface area contributed by atoms with Gasteiger partial charge in [-0.2, -0.15) is 0 Å². The summed E-state index contributed by atoms with van der Waals surface area (Å²) in [6.45, 7) is 4.89. The molecule has 21 heavy (non-hydrogen) atoms. The van der Waals surface area contributed by atoms with Crippen LogP contribution in [0.15, 0.2) is 42.5 Å². The van der Waals surface area contributed by atoms with Crippen molar-refractivity contribution >= 4 is 0 Å². The van der Waals surface area contributed by atoms with Gasteiger partial charge in [-0.3, -0.25) is 0 Å². The van der Waals surface area contributed by atoms with Crippen LogP contribution in [-0.2, 0) is 17.6 Å². The third-order valence-corrected chi connectivity index (χ3v) is 4.44. The number of aliphatic hydroxyl groups excluding tert-OH is 1. The molecular weight excluding hydrogens is 260 g/mol. The van der Waals surface area contributed by atoms with E-state index >= 15 is 0 Å². The monoisotopic (exact) mass is 282 g/mol. The SMILES string of the molecule is Cc1cccc(C)c1CC(O)C1OCCc2ccccc21. The topological polar surface area (TPSA) is 29.5 Å². The van der Waals surface area contributed by atoms with E-state index in [0.717, 1.165) is 12.0 Å². The second-order valence-electron chi connectivity index (χ2n) is 5.88. The van der Waals surface area contributed by atoms with Crippen molar-refractivity contribution < 1.29 is 9.84 Å². The Labute approximate surface area is 126 Å². The van der Waals surface area contributed by atoms with Gasteiger partial charge in [0.05, 0.1) is 12.7 Å². The van der Waals surface area contributed by atoms with Crippen LogP contribution in [0.25, 0.3) is 0 Å². The summed E-state index contributed by atoms with van der Waals surface area (Å²) < 4.78 is 5.87. The molecule has 2 heteroatoms. The van der Waals surface area contributed by atoms with Gasteiger partial charge in [0, 0.05) is 6.42 Å². The van der Waals surface area contributed by atoms with Crippen LogP contribution in [0.1, 0.15) is 33.9 Å². The lowest BCUT2D eigenvalue weighted by Gasteiger charge is -2.30. The van der Waals surface area contributed by atoms with Crippen LogP contribution in [0.2, 0.25) is 0 Å². The lowest BCUT2D eigenvalue weighted by Crippen LogP contribution is -2.29. The van der Waals surface area contributed by atoms with Crippen molar-refractivity contribution in [1.29, 1.82) is 0 Å². The largest absolute Gasteiger partial charge is 0.390 e. The molecule has 0 aliphatic carbocycles. The summed E-state index contributed by atoms with van der Waals surface area (Å²) in [6, 6.07) is 14.6. The van der Waals surface area contributed by atoms with E-state index in [-0.39, 0.29) is 6.10 Å². The van der Waals surface area contributed by atoms with Crippen molar-refractivity contribution in [3.63, 3.8) is 0 Å². The zero-order valence-corrected chi connectivity index (χ0v) is 12.7. The third-order valence-electron chi connectivity index (χ3n) is 4.44. The van der Waals surface area contributed by atoms with Crippen molar-refractivity contribution in [2.75, 3.05) is 6.61 Å². The van der Waals surface area contributed by atoms with Crippen molar-refractivity contribution in [3.05, 3.63) is 70.3 Å². The summed E-state index contributed by atoms with van der Waals surface area (Å²) in [4.78, 5) is 0. The molecule has 0 amide bonds. The minimum atomic E-state index is -0.508. The number of ether oxygens (including phenoxy) is 1. The lowest BCUT2D eigenvalue weighted by molar-refractivity contribution is -0.0461. The molecular formula is C19H22O2. The molecule has 2 unspecified atom stereocenters. The highest BCUT2D eigenvalue weighted by Crippen LogP contribution is 2.31. The molecule has 0 fully saturated rings. The summed E-state index contributed by atoms with van der Waals surface area (Å²) in [7, 11) is 0. The van der Waals surface area contributed by atoms with Crippen LogP contribution in [0.4, 0.5) is 0 Å². The molecule has 2 aromatic rings. The first-order chi connectivity index (χ1) is 10.2. The zero-order valence-electron chi connectivity index (χ0n) is 12.7. The van der Waals surface area contributed by atoms with E-state index in [9.17, 15) is 5.11 Å². The van der Waals surface area contributed by atoms with Crippen LogP contribution in [0.3, 0.4) is 0 Å². The highest BCUT2D eigenvalue weighted by Gasteiger charge is 2.28. The van der Waals surface area contributed by atoms with Gasteiger partial charge in [-0.05, 0) is 48.1 Å². The second-order valence-corrected chi connectivity index (χ2v) is 5.88. The number of hydrogen-bond acceptors (Lipinski definition) is 2.